The normalized spacial score (nSPS) is 20.6. The van der Waals surface area contributed by atoms with Gasteiger partial charge in [0.25, 0.3) is 0 Å². The maximum Gasteiger partial charge on any atom is 0.450 e. The van der Waals surface area contributed by atoms with Gasteiger partial charge in [-0.1, -0.05) is 42.5 Å². The molecule has 3 N–H and O–H groups in total. The summed E-state index contributed by atoms with van der Waals surface area (Å²) in [6.45, 7) is 0.294. The Labute approximate surface area is 187 Å². The number of benzene rings is 2. The van der Waals surface area contributed by atoms with Crippen molar-refractivity contribution in [3.63, 3.8) is 0 Å². The quantitative estimate of drug-likeness (QED) is 0.693. The Morgan fingerprint density at radius 3 is 2.38 bits per heavy atom. The van der Waals surface area contributed by atoms with Crippen LogP contribution in [0.2, 0.25) is 0 Å². The molecule has 2 aliphatic heterocycles. The van der Waals surface area contributed by atoms with Gasteiger partial charge in [-0.2, -0.15) is 13.2 Å². The predicted octanol–water partition coefficient (Wildman–Crippen LogP) is 2.72. The average molecular weight is 485 g/mol. The van der Waals surface area contributed by atoms with Gasteiger partial charge in [-0.15, -0.1) is 11.8 Å². The van der Waals surface area contributed by atoms with E-state index in [4.69, 9.17) is 5.14 Å². The summed E-state index contributed by atoms with van der Waals surface area (Å²) in [6.07, 6.45) is -6.59. The van der Waals surface area contributed by atoms with Gasteiger partial charge in [-0.3, -0.25) is 5.01 Å². The van der Waals surface area contributed by atoms with E-state index in [0.717, 1.165) is 5.01 Å². The Hall–Kier alpha value is -2.38. The molecule has 1 unspecified atom stereocenters. The number of aliphatic hydroxyl groups is 1. The molecule has 1 saturated heterocycles. The summed E-state index contributed by atoms with van der Waals surface area (Å²) in [5, 5.41) is 18.6. The Morgan fingerprint density at radius 2 is 1.78 bits per heavy atom. The molecule has 1 fully saturated rings. The molecule has 0 bridgehead atoms. The third kappa shape index (κ3) is 4.41. The Kier molecular flexibility index (Phi) is 6.07. The van der Waals surface area contributed by atoms with Crippen LogP contribution < -0.4 is 5.14 Å². The van der Waals surface area contributed by atoms with E-state index in [1.807, 2.05) is 0 Å². The number of nitrogens with zero attached hydrogens (tertiary/aromatic N) is 3. The van der Waals surface area contributed by atoms with E-state index in [2.05, 4.69) is 4.99 Å². The standard InChI is InChI=1S/C20H19F3N4O3S2/c21-20(22,23)19-25-17(13-5-2-1-3-6-13)16(18(28)27(19)26-9-10-31-12-26)14-7-4-8-15(11-14)32(24,29)30/h1-8,11,18,28H,9-10,12H2,(H2,24,29,30). The summed E-state index contributed by atoms with van der Waals surface area (Å²) in [5.74, 6) is -0.394. The molecule has 0 radical (unpaired) electrons. The number of hydrazine groups is 1. The zero-order valence-electron chi connectivity index (χ0n) is 16.5. The van der Waals surface area contributed by atoms with Crippen LogP contribution in [0.4, 0.5) is 13.2 Å². The lowest BCUT2D eigenvalue weighted by atomic mass is 9.96. The van der Waals surface area contributed by atoms with Crippen LogP contribution in [-0.4, -0.2) is 60.0 Å². The molecule has 4 rings (SSSR count). The fourth-order valence-electron chi connectivity index (χ4n) is 3.58. The van der Waals surface area contributed by atoms with Crippen LogP contribution in [0.5, 0.6) is 0 Å². The summed E-state index contributed by atoms with van der Waals surface area (Å²) in [7, 11) is -4.07. The van der Waals surface area contributed by atoms with E-state index >= 15 is 0 Å². The molecular weight excluding hydrogens is 465 g/mol. The number of aliphatic imine (C=N–C) groups is 1. The number of rotatable bonds is 4. The largest absolute Gasteiger partial charge is 0.450 e. The minimum atomic E-state index is -4.83. The van der Waals surface area contributed by atoms with Gasteiger partial charge in [-0.25, -0.2) is 23.6 Å². The number of hydrogen-bond donors (Lipinski definition) is 2. The van der Waals surface area contributed by atoms with E-state index in [0.29, 0.717) is 17.9 Å². The molecule has 32 heavy (non-hydrogen) atoms. The number of halogens is 3. The summed E-state index contributed by atoms with van der Waals surface area (Å²) in [4.78, 5) is 3.73. The summed E-state index contributed by atoms with van der Waals surface area (Å²) in [6, 6.07) is 13.5. The Balaban J connectivity index is 1.99. The highest BCUT2D eigenvalue weighted by atomic mass is 32.2. The van der Waals surface area contributed by atoms with Crippen molar-refractivity contribution < 1.29 is 26.7 Å². The lowest BCUT2D eigenvalue weighted by molar-refractivity contribution is -0.109. The van der Waals surface area contributed by atoms with Gasteiger partial charge in [0, 0.05) is 23.4 Å². The van der Waals surface area contributed by atoms with Crippen molar-refractivity contribution in [1.82, 2.24) is 10.0 Å². The first-order chi connectivity index (χ1) is 15.1. The molecule has 0 spiro atoms. The topological polar surface area (TPSA) is 99.2 Å². The lowest BCUT2D eigenvalue weighted by Crippen LogP contribution is -2.57. The second kappa shape index (κ2) is 8.52. The number of primary sulfonamides is 1. The maximum absolute atomic E-state index is 14.0. The fourth-order valence-corrected chi connectivity index (χ4v) is 5.07. The van der Waals surface area contributed by atoms with E-state index in [1.54, 1.807) is 30.3 Å². The van der Waals surface area contributed by atoms with Crippen LogP contribution in [0, 0.1) is 0 Å². The van der Waals surface area contributed by atoms with Crippen LogP contribution in [-0.2, 0) is 10.0 Å². The van der Waals surface area contributed by atoms with Crippen molar-refractivity contribution in [3.05, 3.63) is 65.7 Å². The number of hydrogen-bond acceptors (Lipinski definition) is 7. The number of aliphatic hydroxyl groups excluding tert-OH is 1. The van der Waals surface area contributed by atoms with Gasteiger partial charge >= 0.3 is 6.18 Å². The minimum Gasteiger partial charge on any atom is -0.368 e. The first-order valence-corrected chi connectivity index (χ1v) is 12.2. The minimum absolute atomic E-state index is 0.0478. The highest BCUT2D eigenvalue weighted by molar-refractivity contribution is 7.99. The molecule has 1 atom stereocenters. The van der Waals surface area contributed by atoms with Gasteiger partial charge < -0.3 is 5.11 Å². The van der Waals surface area contributed by atoms with Crippen LogP contribution in [0.3, 0.4) is 0 Å². The van der Waals surface area contributed by atoms with Crippen molar-refractivity contribution in [2.75, 3.05) is 18.2 Å². The van der Waals surface area contributed by atoms with E-state index < -0.39 is 28.3 Å². The third-order valence-electron chi connectivity index (χ3n) is 4.99. The molecule has 0 saturated carbocycles. The van der Waals surface area contributed by atoms with Crippen molar-refractivity contribution in [3.8, 4) is 0 Å². The second-order valence-corrected chi connectivity index (χ2v) is 9.76. The molecule has 2 aliphatic rings. The summed E-state index contributed by atoms with van der Waals surface area (Å²) < 4.78 is 65.8. The Bertz CT molecular complexity index is 1180. The van der Waals surface area contributed by atoms with Crippen molar-refractivity contribution in [2.45, 2.75) is 17.3 Å². The van der Waals surface area contributed by atoms with Crippen molar-refractivity contribution in [1.29, 1.82) is 0 Å². The van der Waals surface area contributed by atoms with Gasteiger partial charge in [0.15, 0.2) is 6.23 Å². The van der Waals surface area contributed by atoms with Gasteiger partial charge in [0.2, 0.25) is 15.9 Å². The summed E-state index contributed by atoms with van der Waals surface area (Å²) >= 11 is 1.43. The molecule has 170 valence electrons. The van der Waals surface area contributed by atoms with Crippen LogP contribution in [0.25, 0.3) is 11.3 Å². The molecule has 2 aromatic carbocycles. The van der Waals surface area contributed by atoms with E-state index in [1.165, 1.54) is 41.0 Å². The SMILES string of the molecule is NS(=O)(=O)c1cccc(C2=C(c3ccccc3)N=C(C(F)(F)F)N(N3CCSC3)C2O)c1. The zero-order chi connectivity index (χ0) is 23.1. The van der Waals surface area contributed by atoms with E-state index in [-0.39, 0.29) is 27.6 Å². The predicted molar refractivity (Wildman–Crippen MR) is 116 cm³/mol. The van der Waals surface area contributed by atoms with Crippen LogP contribution in [0.15, 0.2) is 64.5 Å². The fraction of sp³-hybridized carbons (Fsp3) is 0.250. The molecule has 7 nitrogen and oxygen atoms in total. The van der Waals surface area contributed by atoms with Crippen LogP contribution in [0.1, 0.15) is 11.1 Å². The second-order valence-electron chi connectivity index (χ2n) is 7.12. The molecule has 2 aromatic rings. The zero-order valence-corrected chi connectivity index (χ0v) is 18.2. The Morgan fingerprint density at radius 1 is 1.09 bits per heavy atom. The molecular formula is C20H19F3N4O3S2. The highest BCUT2D eigenvalue weighted by Gasteiger charge is 2.48. The molecule has 2 heterocycles. The van der Waals surface area contributed by atoms with Crippen molar-refractivity contribution >= 4 is 38.9 Å². The van der Waals surface area contributed by atoms with Gasteiger partial charge in [0.05, 0.1) is 16.5 Å². The van der Waals surface area contributed by atoms with Crippen LogP contribution >= 0.6 is 11.8 Å². The smallest absolute Gasteiger partial charge is 0.368 e. The lowest BCUT2D eigenvalue weighted by Gasteiger charge is -2.41. The molecule has 0 amide bonds. The van der Waals surface area contributed by atoms with E-state index in [9.17, 15) is 26.7 Å². The van der Waals surface area contributed by atoms with Crippen molar-refractivity contribution in [2.24, 2.45) is 10.1 Å². The number of alkyl halides is 3. The number of thioether (sulfide) groups is 1. The number of sulfonamides is 1. The molecule has 12 heteroatoms. The maximum atomic E-state index is 14.0. The molecule has 0 aromatic heterocycles. The first-order valence-electron chi connectivity index (χ1n) is 9.46. The third-order valence-corrected chi connectivity index (χ3v) is 6.86. The summed E-state index contributed by atoms with van der Waals surface area (Å²) in [5.41, 5.74) is 0.496. The highest BCUT2D eigenvalue weighted by Crippen LogP contribution is 2.40. The molecule has 0 aliphatic carbocycles. The van der Waals surface area contributed by atoms with Gasteiger partial charge in [0.1, 0.15) is 0 Å². The number of amidine groups is 1. The first kappa shape index (κ1) is 22.8. The average Bonchev–Trinajstić information content (AvgIpc) is 3.27. The monoisotopic (exact) mass is 484 g/mol. The van der Waals surface area contributed by atoms with Gasteiger partial charge in [-0.05, 0) is 17.7 Å². The number of nitrogens with two attached hydrogens (primary N) is 1.